The molecule has 1 saturated carbocycles. The van der Waals surface area contributed by atoms with Crippen molar-refractivity contribution >= 4 is 0 Å². The molecule has 0 heterocycles. The van der Waals surface area contributed by atoms with E-state index < -0.39 is 0 Å². The smallest absolute Gasteiger partial charge is 0.0651 e. The molecule has 0 aromatic rings. The van der Waals surface area contributed by atoms with Crippen LogP contribution in [0.3, 0.4) is 0 Å². The predicted molar refractivity (Wildman–Crippen MR) is 76.9 cm³/mol. The van der Waals surface area contributed by atoms with Crippen molar-refractivity contribution in [2.45, 2.75) is 77.4 Å². The summed E-state index contributed by atoms with van der Waals surface area (Å²) in [4.78, 5) is 0. The van der Waals surface area contributed by atoms with Gasteiger partial charge in [0.2, 0.25) is 0 Å². The lowest BCUT2D eigenvalue weighted by Crippen LogP contribution is -2.26. The lowest BCUT2D eigenvalue weighted by molar-refractivity contribution is -0.0252. The Bertz CT molecular complexity index is 205. The molecule has 0 aromatic heterocycles. The molecule has 0 aliphatic heterocycles. The normalized spacial score (nSPS) is 24.8. The van der Waals surface area contributed by atoms with Crippen LogP contribution in [0.2, 0.25) is 0 Å². The van der Waals surface area contributed by atoms with Crippen LogP contribution in [0.5, 0.6) is 0 Å². The quantitative estimate of drug-likeness (QED) is 0.446. The molecule has 0 amide bonds. The molecule has 0 unspecified atom stereocenters. The fraction of sp³-hybridized carbons (Fsp3) is 0.875. The van der Waals surface area contributed by atoms with Gasteiger partial charge in [-0.15, -0.1) is 0 Å². The van der Waals surface area contributed by atoms with Crippen LogP contribution < -0.4 is 0 Å². The Morgan fingerprint density at radius 3 is 2.22 bits per heavy atom. The standard InChI is InChI=1S/C16H30O2/c1-3-5-7-8-14-18-16-11-9-15(10-12-16)17-13-6-4-2/h4,6,15-16H,3,5,7-14H2,1-2H3/b6-4+. The zero-order chi connectivity index (χ0) is 13.1. The van der Waals surface area contributed by atoms with E-state index in [0.717, 1.165) is 26.1 Å². The van der Waals surface area contributed by atoms with Crippen molar-refractivity contribution in [1.29, 1.82) is 0 Å². The Morgan fingerprint density at radius 2 is 1.61 bits per heavy atom. The zero-order valence-electron chi connectivity index (χ0n) is 12.2. The van der Waals surface area contributed by atoms with E-state index in [1.54, 1.807) is 0 Å². The van der Waals surface area contributed by atoms with Gasteiger partial charge in [0.05, 0.1) is 18.8 Å². The van der Waals surface area contributed by atoms with Crippen molar-refractivity contribution in [3.63, 3.8) is 0 Å². The number of allylic oxidation sites excluding steroid dienone is 1. The van der Waals surface area contributed by atoms with Crippen LogP contribution in [-0.2, 0) is 9.47 Å². The minimum absolute atomic E-state index is 0.459. The lowest BCUT2D eigenvalue weighted by atomic mass is 9.95. The molecule has 0 bridgehead atoms. The van der Waals surface area contributed by atoms with Gasteiger partial charge < -0.3 is 9.47 Å². The fourth-order valence-electron chi connectivity index (χ4n) is 2.43. The summed E-state index contributed by atoms with van der Waals surface area (Å²) in [6, 6.07) is 0. The summed E-state index contributed by atoms with van der Waals surface area (Å²) >= 11 is 0. The summed E-state index contributed by atoms with van der Waals surface area (Å²) in [5.41, 5.74) is 0. The third-order valence-corrected chi connectivity index (χ3v) is 3.64. The molecule has 0 N–H and O–H groups in total. The third-order valence-electron chi connectivity index (χ3n) is 3.64. The van der Waals surface area contributed by atoms with Crippen LogP contribution in [0.15, 0.2) is 12.2 Å². The minimum Gasteiger partial charge on any atom is -0.378 e. The number of unbranched alkanes of at least 4 members (excludes halogenated alkanes) is 3. The minimum atomic E-state index is 0.459. The largest absolute Gasteiger partial charge is 0.378 e. The van der Waals surface area contributed by atoms with Gasteiger partial charge >= 0.3 is 0 Å². The van der Waals surface area contributed by atoms with Gasteiger partial charge in [0.15, 0.2) is 0 Å². The Labute approximate surface area is 113 Å². The maximum atomic E-state index is 5.93. The summed E-state index contributed by atoms with van der Waals surface area (Å²) in [7, 11) is 0. The molecule has 2 nitrogen and oxygen atoms in total. The monoisotopic (exact) mass is 254 g/mol. The summed E-state index contributed by atoms with van der Waals surface area (Å²) in [5.74, 6) is 0. The topological polar surface area (TPSA) is 18.5 Å². The van der Waals surface area contributed by atoms with Crippen LogP contribution in [0.4, 0.5) is 0 Å². The molecule has 1 rings (SSSR count). The maximum Gasteiger partial charge on any atom is 0.0651 e. The molecule has 0 spiro atoms. The highest BCUT2D eigenvalue weighted by molar-refractivity contribution is 4.79. The summed E-state index contributed by atoms with van der Waals surface area (Å²) in [5, 5.41) is 0. The zero-order valence-corrected chi connectivity index (χ0v) is 12.2. The molecular weight excluding hydrogens is 224 g/mol. The van der Waals surface area contributed by atoms with E-state index in [4.69, 9.17) is 9.47 Å². The van der Waals surface area contributed by atoms with Crippen LogP contribution in [-0.4, -0.2) is 25.4 Å². The first kappa shape index (κ1) is 15.7. The van der Waals surface area contributed by atoms with Gasteiger partial charge in [-0.25, -0.2) is 0 Å². The summed E-state index contributed by atoms with van der Waals surface area (Å²) in [6.45, 7) is 6.00. The Balaban J connectivity index is 1.97. The van der Waals surface area contributed by atoms with E-state index in [1.165, 1.54) is 38.5 Å². The fourth-order valence-corrected chi connectivity index (χ4v) is 2.43. The van der Waals surface area contributed by atoms with Gasteiger partial charge in [-0.05, 0) is 39.0 Å². The van der Waals surface area contributed by atoms with Crippen molar-refractivity contribution in [2.75, 3.05) is 13.2 Å². The number of ether oxygens (including phenoxy) is 2. The second-order valence-corrected chi connectivity index (χ2v) is 5.23. The molecule has 18 heavy (non-hydrogen) atoms. The molecule has 0 atom stereocenters. The SMILES string of the molecule is C/C=C/COC1CCC(OCCCCCC)CC1. The summed E-state index contributed by atoms with van der Waals surface area (Å²) in [6.07, 6.45) is 14.9. The molecule has 2 heteroatoms. The maximum absolute atomic E-state index is 5.93. The van der Waals surface area contributed by atoms with Gasteiger partial charge in [-0.1, -0.05) is 38.3 Å². The van der Waals surface area contributed by atoms with E-state index in [1.807, 2.05) is 13.0 Å². The number of hydrogen-bond acceptors (Lipinski definition) is 2. The lowest BCUT2D eigenvalue weighted by Gasteiger charge is -2.28. The summed E-state index contributed by atoms with van der Waals surface area (Å²) < 4.78 is 11.7. The average molecular weight is 254 g/mol. The Kier molecular flexibility index (Phi) is 9.23. The van der Waals surface area contributed by atoms with Gasteiger partial charge in [0.25, 0.3) is 0 Å². The highest BCUT2D eigenvalue weighted by Crippen LogP contribution is 2.23. The number of rotatable bonds is 9. The van der Waals surface area contributed by atoms with Gasteiger partial charge in [-0.3, -0.25) is 0 Å². The first-order valence-corrected chi connectivity index (χ1v) is 7.71. The second kappa shape index (κ2) is 10.6. The van der Waals surface area contributed by atoms with Gasteiger partial charge in [0, 0.05) is 6.61 Å². The second-order valence-electron chi connectivity index (χ2n) is 5.23. The molecule has 0 radical (unpaired) electrons. The van der Waals surface area contributed by atoms with Crippen molar-refractivity contribution in [2.24, 2.45) is 0 Å². The van der Waals surface area contributed by atoms with Crippen LogP contribution in [0.25, 0.3) is 0 Å². The van der Waals surface area contributed by atoms with Gasteiger partial charge in [0.1, 0.15) is 0 Å². The molecular formula is C16H30O2. The third kappa shape index (κ3) is 7.17. The van der Waals surface area contributed by atoms with Crippen molar-refractivity contribution in [3.8, 4) is 0 Å². The average Bonchev–Trinajstić information content (AvgIpc) is 2.40. The predicted octanol–water partition coefficient (Wildman–Crippen LogP) is 4.49. The molecule has 0 aromatic carbocycles. The first-order chi connectivity index (χ1) is 8.86. The van der Waals surface area contributed by atoms with Crippen LogP contribution in [0, 0.1) is 0 Å². The molecule has 0 saturated heterocycles. The van der Waals surface area contributed by atoms with E-state index in [-0.39, 0.29) is 0 Å². The molecule has 106 valence electrons. The van der Waals surface area contributed by atoms with E-state index in [2.05, 4.69) is 13.0 Å². The molecule has 1 aliphatic carbocycles. The van der Waals surface area contributed by atoms with E-state index in [9.17, 15) is 0 Å². The van der Waals surface area contributed by atoms with E-state index >= 15 is 0 Å². The Morgan fingerprint density at radius 1 is 0.944 bits per heavy atom. The van der Waals surface area contributed by atoms with E-state index in [0.29, 0.717) is 12.2 Å². The van der Waals surface area contributed by atoms with Crippen molar-refractivity contribution in [3.05, 3.63) is 12.2 Å². The number of hydrogen-bond donors (Lipinski definition) is 0. The molecule has 1 fully saturated rings. The van der Waals surface area contributed by atoms with Crippen molar-refractivity contribution < 1.29 is 9.47 Å². The highest BCUT2D eigenvalue weighted by atomic mass is 16.5. The Hall–Kier alpha value is -0.340. The first-order valence-electron chi connectivity index (χ1n) is 7.71. The van der Waals surface area contributed by atoms with Crippen molar-refractivity contribution in [1.82, 2.24) is 0 Å². The van der Waals surface area contributed by atoms with Crippen LogP contribution in [0.1, 0.15) is 65.2 Å². The molecule has 1 aliphatic rings. The van der Waals surface area contributed by atoms with Gasteiger partial charge in [-0.2, -0.15) is 0 Å². The highest BCUT2D eigenvalue weighted by Gasteiger charge is 2.21. The van der Waals surface area contributed by atoms with Crippen LogP contribution >= 0.6 is 0 Å².